The molecule has 0 radical (unpaired) electrons. The molecule has 3 heterocycles. The second kappa shape index (κ2) is 6.00. The molecular formula is C16H19N3O4. The van der Waals surface area contributed by atoms with Crippen LogP contribution in [0.5, 0.6) is 0 Å². The number of piperidine rings is 1. The van der Waals surface area contributed by atoms with Crippen LogP contribution in [0.4, 0.5) is 0 Å². The highest BCUT2D eigenvalue weighted by atomic mass is 16.4. The minimum Gasteiger partial charge on any atom is -0.478 e. The van der Waals surface area contributed by atoms with E-state index in [1.807, 2.05) is 0 Å². The molecule has 23 heavy (non-hydrogen) atoms. The number of imidazole rings is 1. The lowest BCUT2D eigenvalue weighted by Crippen LogP contribution is -2.33. The largest absolute Gasteiger partial charge is 0.478 e. The van der Waals surface area contributed by atoms with Gasteiger partial charge in [0.15, 0.2) is 5.69 Å². The number of rotatable bonds is 4. The Labute approximate surface area is 133 Å². The zero-order valence-corrected chi connectivity index (χ0v) is 12.9. The van der Waals surface area contributed by atoms with Crippen LogP contribution in [0.1, 0.15) is 52.4 Å². The lowest BCUT2D eigenvalue weighted by Gasteiger charge is -2.30. The van der Waals surface area contributed by atoms with Crippen molar-refractivity contribution in [2.45, 2.75) is 25.7 Å². The van der Waals surface area contributed by atoms with Crippen molar-refractivity contribution in [1.82, 2.24) is 14.3 Å². The maximum Gasteiger partial charge on any atom is 0.356 e. The number of fused-ring (bicyclic) bond motifs is 1. The number of aromatic carboxylic acids is 2. The Bertz CT molecular complexity index is 760. The SMILES string of the molecule is CCN1CCC(c2nc(C(=O)O)c3ccc(C(=O)O)cn23)CC1. The first kappa shape index (κ1) is 15.5. The van der Waals surface area contributed by atoms with Crippen molar-refractivity contribution >= 4 is 17.5 Å². The smallest absolute Gasteiger partial charge is 0.356 e. The van der Waals surface area contributed by atoms with Gasteiger partial charge in [0.05, 0.1) is 11.1 Å². The Morgan fingerprint density at radius 1 is 1.22 bits per heavy atom. The van der Waals surface area contributed by atoms with E-state index in [2.05, 4.69) is 16.8 Å². The molecule has 0 spiro atoms. The maximum atomic E-state index is 11.4. The molecule has 0 atom stereocenters. The van der Waals surface area contributed by atoms with Crippen LogP contribution in [0.15, 0.2) is 18.3 Å². The first-order valence-corrected chi connectivity index (χ1v) is 7.72. The molecule has 0 aromatic carbocycles. The lowest BCUT2D eigenvalue weighted by molar-refractivity contribution is 0.0684. The fourth-order valence-corrected chi connectivity index (χ4v) is 3.19. The Hall–Kier alpha value is -2.41. The summed E-state index contributed by atoms with van der Waals surface area (Å²) in [6.45, 7) is 5.00. The molecule has 0 bridgehead atoms. The zero-order valence-electron chi connectivity index (χ0n) is 12.9. The molecule has 0 unspecified atom stereocenters. The Morgan fingerprint density at radius 3 is 2.48 bits per heavy atom. The van der Waals surface area contributed by atoms with Crippen molar-refractivity contribution in [3.63, 3.8) is 0 Å². The quantitative estimate of drug-likeness (QED) is 0.894. The molecule has 7 nitrogen and oxygen atoms in total. The minimum atomic E-state index is -1.09. The van der Waals surface area contributed by atoms with Crippen molar-refractivity contribution in [2.24, 2.45) is 0 Å². The summed E-state index contributed by atoms with van der Waals surface area (Å²) in [5.74, 6) is -1.34. The fraction of sp³-hybridized carbons (Fsp3) is 0.438. The molecule has 2 aromatic rings. The summed E-state index contributed by atoms with van der Waals surface area (Å²) in [5.41, 5.74) is 0.546. The highest BCUT2D eigenvalue weighted by molar-refractivity contribution is 5.95. The number of carbonyl (C=O) groups is 2. The van der Waals surface area contributed by atoms with Crippen LogP contribution in [0.25, 0.3) is 5.52 Å². The molecule has 0 saturated carbocycles. The van der Waals surface area contributed by atoms with Gasteiger partial charge in [-0.3, -0.25) is 0 Å². The summed E-state index contributed by atoms with van der Waals surface area (Å²) >= 11 is 0. The van der Waals surface area contributed by atoms with Gasteiger partial charge in [-0.1, -0.05) is 6.92 Å². The van der Waals surface area contributed by atoms with Crippen LogP contribution < -0.4 is 0 Å². The summed E-state index contributed by atoms with van der Waals surface area (Å²) < 4.78 is 1.64. The van der Waals surface area contributed by atoms with E-state index in [4.69, 9.17) is 0 Å². The van der Waals surface area contributed by atoms with Crippen LogP contribution in [0.2, 0.25) is 0 Å². The summed E-state index contributed by atoms with van der Waals surface area (Å²) in [5, 5.41) is 18.5. The number of pyridine rings is 1. The minimum absolute atomic E-state index is 0.0186. The predicted octanol–water partition coefficient (Wildman–Crippen LogP) is 1.93. The lowest BCUT2D eigenvalue weighted by atomic mass is 9.96. The molecule has 7 heteroatoms. The number of hydrogen-bond donors (Lipinski definition) is 2. The zero-order chi connectivity index (χ0) is 16.6. The van der Waals surface area contributed by atoms with Gasteiger partial charge >= 0.3 is 11.9 Å². The summed E-state index contributed by atoms with van der Waals surface area (Å²) in [6, 6.07) is 2.93. The van der Waals surface area contributed by atoms with Gasteiger partial charge in [-0.2, -0.15) is 0 Å². The number of carboxylic acid groups (broad SMARTS) is 2. The van der Waals surface area contributed by atoms with E-state index in [9.17, 15) is 19.8 Å². The van der Waals surface area contributed by atoms with E-state index >= 15 is 0 Å². The summed E-state index contributed by atoms with van der Waals surface area (Å²) in [6.07, 6.45) is 3.26. The van der Waals surface area contributed by atoms with Crippen molar-refractivity contribution in [1.29, 1.82) is 0 Å². The van der Waals surface area contributed by atoms with Crippen LogP contribution in [-0.2, 0) is 0 Å². The number of carboxylic acids is 2. The highest BCUT2D eigenvalue weighted by Crippen LogP contribution is 2.29. The van der Waals surface area contributed by atoms with Gasteiger partial charge in [0.2, 0.25) is 0 Å². The van der Waals surface area contributed by atoms with Gasteiger partial charge in [-0.15, -0.1) is 0 Å². The molecule has 1 aliphatic rings. The highest BCUT2D eigenvalue weighted by Gasteiger charge is 2.26. The van der Waals surface area contributed by atoms with E-state index < -0.39 is 11.9 Å². The monoisotopic (exact) mass is 317 g/mol. The van der Waals surface area contributed by atoms with Gasteiger partial charge < -0.3 is 19.5 Å². The maximum absolute atomic E-state index is 11.4. The third-order valence-electron chi connectivity index (χ3n) is 4.51. The van der Waals surface area contributed by atoms with Crippen molar-refractivity contribution in [2.75, 3.05) is 19.6 Å². The average Bonchev–Trinajstić information content (AvgIpc) is 2.94. The van der Waals surface area contributed by atoms with Crippen LogP contribution in [-0.4, -0.2) is 56.1 Å². The predicted molar refractivity (Wildman–Crippen MR) is 83.2 cm³/mol. The molecule has 3 rings (SSSR count). The summed E-state index contributed by atoms with van der Waals surface area (Å²) in [7, 11) is 0. The van der Waals surface area contributed by atoms with Crippen molar-refractivity contribution in [3.05, 3.63) is 35.4 Å². The van der Waals surface area contributed by atoms with E-state index in [-0.39, 0.29) is 17.2 Å². The number of aromatic nitrogens is 2. The van der Waals surface area contributed by atoms with Gasteiger partial charge in [0.1, 0.15) is 5.82 Å². The molecule has 1 fully saturated rings. The number of nitrogens with zero attached hydrogens (tertiary/aromatic N) is 3. The molecule has 1 aliphatic heterocycles. The van der Waals surface area contributed by atoms with E-state index in [1.165, 1.54) is 18.3 Å². The normalized spacial score (nSPS) is 16.7. The second-order valence-corrected chi connectivity index (χ2v) is 5.81. The summed E-state index contributed by atoms with van der Waals surface area (Å²) in [4.78, 5) is 29.3. The molecule has 122 valence electrons. The third-order valence-corrected chi connectivity index (χ3v) is 4.51. The van der Waals surface area contributed by atoms with Gasteiger partial charge in [-0.05, 0) is 44.6 Å². The third kappa shape index (κ3) is 2.79. The van der Waals surface area contributed by atoms with E-state index in [1.54, 1.807) is 4.40 Å². The second-order valence-electron chi connectivity index (χ2n) is 5.81. The first-order valence-electron chi connectivity index (χ1n) is 7.72. The molecular weight excluding hydrogens is 298 g/mol. The Kier molecular flexibility index (Phi) is 4.04. The van der Waals surface area contributed by atoms with Gasteiger partial charge in [0, 0.05) is 12.1 Å². The number of likely N-dealkylation sites (tertiary alicyclic amines) is 1. The molecule has 1 saturated heterocycles. The Balaban J connectivity index is 2.06. The molecule has 0 amide bonds. The van der Waals surface area contributed by atoms with Crippen LogP contribution in [0.3, 0.4) is 0 Å². The van der Waals surface area contributed by atoms with Gasteiger partial charge in [-0.25, -0.2) is 14.6 Å². The topological polar surface area (TPSA) is 95.1 Å². The van der Waals surface area contributed by atoms with E-state index in [0.29, 0.717) is 11.3 Å². The standard InChI is InChI=1S/C16H19N3O4/c1-2-18-7-5-10(6-8-18)14-17-13(16(22)23)12-4-3-11(15(20)21)9-19(12)14/h3-4,9-10H,2,5-8H2,1H3,(H,20,21)(H,22,23). The van der Waals surface area contributed by atoms with Crippen LogP contribution in [0, 0.1) is 0 Å². The fourth-order valence-electron chi connectivity index (χ4n) is 3.19. The average molecular weight is 317 g/mol. The van der Waals surface area contributed by atoms with E-state index in [0.717, 1.165) is 32.5 Å². The molecule has 2 N–H and O–H groups in total. The first-order chi connectivity index (χ1) is 11.0. The van der Waals surface area contributed by atoms with Gasteiger partial charge in [0.25, 0.3) is 0 Å². The molecule has 2 aromatic heterocycles. The number of hydrogen-bond acceptors (Lipinski definition) is 4. The Morgan fingerprint density at radius 2 is 1.91 bits per heavy atom. The van der Waals surface area contributed by atoms with Crippen LogP contribution >= 0.6 is 0 Å². The van der Waals surface area contributed by atoms with Crippen molar-refractivity contribution < 1.29 is 19.8 Å². The molecule has 0 aliphatic carbocycles. The van der Waals surface area contributed by atoms with Crippen molar-refractivity contribution in [3.8, 4) is 0 Å².